The first-order valence-electron chi connectivity index (χ1n) is 18.1. The van der Waals surface area contributed by atoms with Gasteiger partial charge >= 0.3 is 6.03 Å². The number of fused-ring (bicyclic) bond motifs is 1. The molecule has 10 heteroatoms. The highest BCUT2D eigenvalue weighted by Crippen LogP contribution is 2.41. The number of urea groups is 1. The van der Waals surface area contributed by atoms with Gasteiger partial charge in [0.1, 0.15) is 11.4 Å². The Hall–Kier alpha value is -6.78. The second-order valence-corrected chi connectivity index (χ2v) is 14.1. The number of imidazole rings is 1. The third kappa shape index (κ3) is 6.98. The molecule has 0 aliphatic carbocycles. The van der Waals surface area contributed by atoms with Crippen molar-refractivity contribution in [2.75, 3.05) is 16.5 Å². The number of benzodiazepines with no additional fused rings is 1. The lowest BCUT2D eigenvalue weighted by Gasteiger charge is -2.37. The van der Waals surface area contributed by atoms with Crippen LogP contribution in [0.25, 0.3) is 0 Å². The summed E-state index contributed by atoms with van der Waals surface area (Å²) in [7, 11) is 0. The summed E-state index contributed by atoms with van der Waals surface area (Å²) in [6, 6.07) is 51.1. The number of nitrogens with one attached hydrogen (secondary N) is 2. The zero-order valence-corrected chi connectivity index (χ0v) is 31.2. The number of anilines is 2. The first-order chi connectivity index (χ1) is 27.4. The Morgan fingerprint density at radius 1 is 0.750 bits per heavy atom. The van der Waals surface area contributed by atoms with Crippen LogP contribution in [0, 0.1) is 5.82 Å². The number of hydrogen-bond acceptors (Lipinski definition) is 5. The van der Waals surface area contributed by atoms with Crippen molar-refractivity contribution in [3.05, 3.63) is 216 Å². The number of rotatable bonds is 10. The van der Waals surface area contributed by atoms with E-state index in [-0.39, 0.29) is 17.8 Å². The molecule has 8 nitrogen and oxygen atoms in total. The van der Waals surface area contributed by atoms with Crippen LogP contribution in [0.3, 0.4) is 0 Å². The number of benzene rings is 6. The average molecular weight is 757 g/mol. The van der Waals surface area contributed by atoms with Crippen molar-refractivity contribution >= 4 is 40.8 Å². The van der Waals surface area contributed by atoms with Gasteiger partial charge in [-0.25, -0.2) is 19.2 Å². The molecule has 276 valence electrons. The van der Waals surface area contributed by atoms with Gasteiger partial charge in [-0.1, -0.05) is 127 Å². The summed E-state index contributed by atoms with van der Waals surface area (Å²) in [5.74, 6) is -1.01. The molecule has 1 aliphatic heterocycles. The van der Waals surface area contributed by atoms with Crippen molar-refractivity contribution < 1.29 is 14.0 Å². The maximum Gasteiger partial charge on any atom is 0.321 e. The highest BCUT2D eigenvalue weighted by atomic mass is 32.2. The number of carbonyl (C=O) groups is 2. The van der Waals surface area contributed by atoms with Gasteiger partial charge in [-0.3, -0.25) is 4.79 Å². The summed E-state index contributed by atoms with van der Waals surface area (Å²) in [4.78, 5) is 40.5. The lowest BCUT2D eigenvalue weighted by molar-refractivity contribution is -0.120. The highest BCUT2D eigenvalue weighted by Gasteiger charge is 2.39. The van der Waals surface area contributed by atoms with Crippen LogP contribution in [-0.4, -0.2) is 39.6 Å². The fraction of sp³-hybridized carbons (Fsp3) is 0.0870. The number of aromatic nitrogens is 2. The molecule has 8 rings (SSSR count). The van der Waals surface area contributed by atoms with Gasteiger partial charge in [0.2, 0.25) is 6.17 Å². The number of carbonyl (C=O) groups excluding carboxylic acids is 2. The first-order valence-corrected chi connectivity index (χ1v) is 19.3. The SMILES string of the molecule is CSc1cccc(NC(=O)N[C@@H]2N=C(c3ccccc3F)c3ccccc3N(Cc3cn(C(c4ccccc4)(c4ccccc4)c4ccccc4)cn3)C2=O)c1. The van der Waals surface area contributed by atoms with Crippen LogP contribution in [0.2, 0.25) is 0 Å². The maximum absolute atomic E-state index is 15.5. The summed E-state index contributed by atoms with van der Waals surface area (Å²) in [6.07, 6.45) is 4.30. The van der Waals surface area contributed by atoms with Gasteiger partial charge in [0.25, 0.3) is 5.91 Å². The zero-order chi connectivity index (χ0) is 38.5. The van der Waals surface area contributed by atoms with Crippen LogP contribution in [-0.2, 0) is 16.9 Å². The van der Waals surface area contributed by atoms with Crippen molar-refractivity contribution in [1.29, 1.82) is 0 Å². The van der Waals surface area contributed by atoms with E-state index in [0.29, 0.717) is 22.6 Å². The highest BCUT2D eigenvalue weighted by molar-refractivity contribution is 7.98. The van der Waals surface area contributed by atoms with Crippen molar-refractivity contribution in [3.8, 4) is 0 Å². The van der Waals surface area contributed by atoms with E-state index in [1.807, 2.05) is 97.4 Å². The number of amides is 3. The number of thioether (sulfide) groups is 1. The number of para-hydroxylation sites is 1. The number of nitrogens with zero attached hydrogens (tertiary/aromatic N) is 4. The van der Waals surface area contributed by atoms with Crippen LogP contribution in [0.15, 0.2) is 186 Å². The predicted octanol–water partition coefficient (Wildman–Crippen LogP) is 9.12. The van der Waals surface area contributed by atoms with E-state index in [4.69, 9.17) is 9.98 Å². The summed E-state index contributed by atoms with van der Waals surface area (Å²) < 4.78 is 17.6. The van der Waals surface area contributed by atoms with E-state index < -0.39 is 29.5 Å². The van der Waals surface area contributed by atoms with E-state index in [9.17, 15) is 9.59 Å². The molecule has 0 saturated carbocycles. The van der Waals surface area contributed by atoms with Gasteiger partial charge < -0.3 is 20.1 Å². The smallest absolute Gasteiger partial charge is 0.319 e. The molecule has 3 amide bonds. The van der Waals surface area contributed by atoms with Gasteiger partial charge in [0.15, 0.2) is 0 Å². The molecule has 2 heterocycles. The molecule has 0 bridgehead atoms. The van der Waals surface area contributed by atoms with Gasteiger partial charge in [-0.15, -0.1) is 11.8 Å². The van der Waals surface area contributed by atoms with E-state index >= 15 is 4.39 Å². The summed E-state index contributed by atoms with van der Waals surface area (Å²) in [6.45, 7) is 0.0347. The molecule has 6 aromatic carbocycles. The van der Waals surface area contributed by atoms with E-state index in [1.165, 1.54) is 6.07 Å². The van der Waals surface area contributed by atoms with Crippen LogP contribution in [0.1, 0.15) is 33.5 Å². The van der Waals surface area contributed by atoms with Crippen molar-refractivity contribution in [1.82, 2.24) is 14.9 Å². The molecule has 0 unspecified atom stereocenters. The Morgan fingerprint density at radius 2 is 1.34 bits per heavy atom. The monoisotopic (exact) mass is 756 g/mol. The summed E-state index contributed by atoms with van der Waals surface area (Å²) >= 11 is 1.54. The van der Waals surface area contributed by atoms with Crippen molar-refractivity contribution in [3.63, 3.8) is 0 Å². The van der Waals surface area contributed by atoms with Crippen LogP contribution < -0.4 is 15.5 Å². The molecule has 0 saturated heterocycles. The van der Waals surface area contributed by atoms with Crippen LogP contribution in [0.4, 0.5) is 20.6 Å². The molecular formula is C46H37FN6O2S. The normalized spacial score (nSPS) is 14.0. The van der Waals surface area contributed by atoms with Gasteiger partial charge in [-0.2, -0.15) is 0 Å². The zero-order valence-electron chi connectivity index (χ0n) is 30.4. The topological polar surface area (TPSA) is 91.6 Å². The molecule has 0 spiro atoms. The number of hydrogen-bond donors (Lipinski definition) is 2. The molecule has 0 fully saturated rings. The third-order valence-electron chi connectivity index (χ3n) is 9.85. The minimum Gasteiger partial charge on any atom is -0.319 e. The quantitative estimate of drug-likeness (QED) is 0.108. The molecule has 1 aromatic heterocycles. The largest absolute Gasteiger partial charge is 0.321 e. The minimum absolute atomic E-state index is 0.0347. The Kier molecular flexibility index (Phi) is 10.3. The van der Waals surface area contributed by atoms with Gasteiger partial charge in [-0.05, 0) is 59.3 Å². The molecule has 7 aromatic rings. The van der Waals surface area contributed by atoms with E-state index in [2.05, 4.69) is 51.6 Å². The van der Waals surface area contributed by atoms with Gasteiger partial charge in [0, 0.05) is 27.9 Å². The molecule has 2 N–H and O–H groups in total. The molecule has 1 atom stereocenters. The summed E-state index contributed by atoms with van der Waals surface area (Å²) in [5, 5.41) is 5.60. The third-order valence-corrected chi connectivity index (χ3v) is 10.6. The number of aliphatic imine (C=N–C) groups is 1. The Morgan fingerprint density at radius 3 is 1.96 bits per heavy atom. The van der Waals surface area contributed by atoms with Crippen LogP contribution in [0.5, 0.6) is 0 Å². The molecule has 1 aliphatic rings. The lowest BCUT2D eigenvalue weighted by Crippen LogP contribution is -2.48. The first kappa shape index (κ1) is 36.2. The predicted molar refractivity (Wildman–Crippen MR) is 221 cm³/mol. The molecule has 0 radical (unpaired) electrons. The van der Waals surface area contributed by atoms with E-state index in [1.54, 1.807) is 59.4 Å². The van der Waals surface area contributed by atoms with Crippen molar-refractivity contribution in [2.45, 2.75) is 23.1 Å². The minimum atomic E-state index is -1.40. The Bertz CT molecular complexity index is 2430. The second-order valence-electron chi connectivity index (χ2n) is 13.2. The Labute approximate surface area is 328 Å². The fourth-order valence-corrected chi connectivity index (χ4v) is 7.78. The fourth-order valence-electron chi connectivity index (χ4n) is 7.32. The van der Waals surface area contributed by atoms with Crippen molar-refractivity contribution in [2.24, 2.45) is 4.99 Å². The molecular weight excluding hydrogens is 720 g/mol. The molecule has 56 heavy (non-hydrogen) atoms. The van der Waals surface area contributed by atoms with E-state index in [0.717, 1.165) is 21.6 Å². The number of halogens is 1. The lowest BCUT2D eigenvalue weighted by atomic mass is 9.77. The standard InChI is InChI=1S/C46H37FN6O2S/c1-56-37-23-15-22-35(28-37)49-45(55)51-43-44(54)53(41-27-14-12-25-39(41)42(50-43)38-24-11-13-26-40(38)47)30-36-29-52(31-48-36)46(32-16-5-2-6-17-32,33-18-7-3-8-19-33)34-20-9-4-10-21-34/h2-29,31,43H,30H2,1H3,(H2,49,51,55)/t43-/m0/s1. The summed E-state index contributed by atoms with van der Waals surface area (Å²) in [5.41, 5.74) is 4.90. The Balaban J connectivity index is 1.22. The van der Waals surface area contributed by atoms with Crippen LogP contribution >= 0.6 is 11.8 Å². The van der Waals surface area contributed by atoms with Gasteiger partial charge in [0.05, 0.1) is 30.0 Å². The maximum atomic E-state index is 15.5. The second kappa shape index (κ2) is 15.9. The average Bonchev–Trinajstić information content (AvgIpc) is 3.68.